The van der Waals surface area contributed by atoms with Crippen LogP contribution in [0.4, 0.5) is 13.2 Å². The molecule has 0 atom stereocenters. The molecule has 0 aromatic rings. The van der Waals surface area contributed by atoms with Crippen LogP contribution in [0.2, 0.25) is 0 Å². The van der Waals surface area contributed by atoms with Gasteiger partial charge < -0.3 is 13.3 Å². The lowest BCUT2D eigenvalue weighted by Gasteiger charge is -2.24. The van der Waals surface area contributed by atoms with Crippen LogP contribution < -0.4 is 4.13 Å². The highest BCUT2D eigenvalue weighted by Crippen LogP contribution is 2.22. The Balaban J connectivity index is 5.24. The van der Waals surface area contributed by atoms with Crippen LogP contribution in [0.15, 0.2) is 0 Å². The van der Waals surface area contributed by atoms with Crippen molar-refractivity contribution in [2.75, 3.05) is 26.7 Å². The van der Waals surface area contributed by atoms with Crippen molar-refractivity contribution in [3.05, 3.63) is 0 Å². The molecule has 0 bridgehead atoms. The smallest absolute Gasteiger partial charge is 0.376 e. The van der Waals surface area contributed by atoms with E-state index in [-0.39, 0.29) is 0 Å². The van der Waals surface area contributed by atoms with Gasteiger partial charge in [-0.25, -0.2) is 16.8 Å². The predicted octanol–water partition coefficient (Wildman–Crippen LogP) is -0.827. The van der Waals surface area contributed by atoms with Gasteiger partial charge in [-0.3, -0.25) is 0 Å². The lowest BCUT2D eigenvalue weighted by atomic mass is 11.6. The van der Waals surface area contributed by atoms with E-state index in [0.717, 1.165) is 21.3 Å². The molecule has 0 amide bonds. The third kappa shape index (κ3) is 4.97. The molecule has 0 aliphatic carbocycles. The average molecular weight is 347 g/mol. The maximum atomic E-state index is 12.0. The van der Waals surface area contributed by atoms with Crippen molar-refractivity contribution in [1.82, 2.24) is 4.13 Å². The third-order valence-corrected chi connectivity index (χ3v) is 9.14. The minimum atomic E-state index is -6.03. The average Bonchev–Trinajstić information content (AvgIpc) is 2.23. The van der Waals surface area contributed by atoms with Crippen molar-refractivity contribution in [3.63, 3.8) is 0 Å². The number of halogens is 3. The molecule has 0 radical (unpaired) electrons. The van der Waals surface area contributed by atoms with Crippen LogP contribution in [0.3, 0.4) is 0 Å². The van der Waals surface area contributed by atoms with Crippen LogP contribution >= 0.6 is 0 Å². The first-order valence-corrected chi connectivity index (χ1v) is 9.39. The van der Waals surface area contributed by atoms with Crippen LogP contribution in [-0.4, -0.2) is 57.9 Å². The van der Waals surface area contributed by atoms with Gasteiger partial charge in [0.25, 0.3) is 0 Å². The summed E-state index contributed by atoms with van der Waals surface area (Å²) < 4.78 is 94.9. The molecule has 0 heterocycles. The fourth-order valence-corrected chi connectivity index (χ4v) is 7.16. The Bertz CT molecular complexity index is 489. The van der Waals surface area contributed by atoms with Gasteiger partial charge >= 0.3 is 24.3 Å². The molecule has 0 aromatic heterocycles. The molecule has 0 saturated heterocycles. The van der Waals surface area contributed by atoms with Crippen molar-refractivity contribution >= 4 is 28.9 Å². The Morgan fingerprint density at radius 3 is 1.63 bits per heavy atom. The highest BCUT2D eigenvalue weighted by atomic mass is 32.3. The van der Waals surface area contributed by atoms with Gasteiger partial charge in [0.05, 0.1) is 0 Å². The van der Waals surface area contributed by atoms with E-state index in [2.05, 4.69) is 13.3 Å². The Labute approximate surface area is 109 Å². The lowest BCUT2D eigenvalue weighted by molar-refractivity contribution is -0.0441. The molecule has 0 aliphatic rings. The molecule has 0 spiro atoms. The minimum Gasteiger partial charge on any atom is -0.376 e. The summed E-state index contributed by atoms with van der Waals surface area (Å²) in [6, 6.07) is 0. The summed E-state index contributed by atoms with van der Waals surface area (Å²) in [5.74, 6) is 0. The van der Waals surface area contributed by atoms with Gasteiger partial charge in [-0.2, -0.15) is 13.2 Å². The molecule has 14 heteroatoms. The number of hydrogen-bond acceptors (Lipinski definition) is 7. The number of nitrogens with one attached hydrogen (secondary N) is 1. The SMILES string of the molecule is CO[Si](CS(=O)(=O)NS(=O)(=O)C(F)(F)F)(OC)OC. The van der Waals surface area contributed by atoms with E-state index < -0.39 is 39.7 Å². The van der Waals surface area contributed by atoms with Crippen LogP contribution in [0.1, 0.15) is 0 Å². The molecule has 0 saturated carbocycles. The normalized spacial score (nSPS) is 14.6. The second-order valence-corrected chi connectivity index (χ2v) is 10.2. The molecule has 0 fully saturated rings. The molecule has 0 unspecified atom stereocenters. The first-order valence-electron chi connectivity index (χ1n) is 4.33. The van der Waals surface area contributed by atoms with Gasteiger partial charge in [0.15, 0.2) is 0 Å². The van der Waals surface area contributed by atoms with E-state index >= 15 is 0 Å². The number of alkyl halides is 3. The molecule has 0 aliphatic heterocycles. The highest BCUT2D eigenvalue weighted by molar-refractivity contribution is 8.05. The Kier molecular flexibility index (Phi) is 5.94. The van der Waals surface area contributed by atoms with Crippen molar-refractivity contribution in [2.45, 2.75) is 5.51 Å². The molecular weight excluding hydrogens is 335 g/mol. The first kappa shape index (κ1) is 18.7. The van der Waals surface area contributed by atoms with Crippen LogP contribution in [0.5, 0.6) is 0 Å². The number of sulfonamides is 2. The van der Waals surface area contributed by atoms with Gasteiger partial charge in [0.2, 0.25) is 10.0 Å². The molecule has 0 rings (SSSR count). The molecule has 0 aromatic carbocycles. The van der Waals surface area contributed by atoms with Gasteiger partial charge in [0, 0.05) is 21.3 Å². The lowest BCUT2D eigenvalue weighted by Crippen LogP contribution is -2.54. The summed E-state index contributed by atoms with van der Waals surface area (Å²) in [5.41, 5.74) is -5.75. The third-order valence-electron chi connectivity index (χ3n) is 1.84. The van der Waals surface area contributed by atoms with E-state index in [9.17, 15) is 30.0 Å². The summed E-state index contributed by atoms with van der Waals surface area (Å²) in [4.78, 5) is 0. The molecule has 8 nitrogen and oxygen atoms in total. The van der Waals surface area contributed by atoms with Gasteiger partial charge in [0.1, 0.15) is 5.38 Å². The predicted molar refractivity (Wildman–Crippen MR) is 58.7 cm³/mol. The minimum absolute atomic E-state index is 0.545. The van der Waals surface area contributed by atoms with E-state index in [1.807, 2.05) is 0 Å². The number of rotatable bonds is 7. The molecular formula is C5H12F3NO7S2Si. The highest BCUT2D eigenvalue weighted by Gasteiger charge is 2.51. The monoisotopic (exact) mass is 347 g/mol. The zero-order valence-electron chi connectivity index (χ0n) is 10.0. The summed E-state index contributed by atoms with van der Waals surface area (Å²) >= 11 is 0. The van der Waals surface area contributed by atoms with E-state index in [1.165, 1.54) is 0 Å². The van der Waals surface area contributed by atoms with Crippen molar-refractivity contribution in [1.29, 1.82) is 0 Å². The Morgan fingerprint density at radius 2 is 1.37 bits per heavy atom. The number of hydrogen-bond donors (Lipinski definition) is 1. The zero-order chi connectivity index (χ0) is 15.5. The van der Waals surface area contributed by atoms with E-state index in [1.54, 1.807) is 0 Å². The quantitative estimate of drug-likeness (QED) is 0.599. The van der Waals surface area contributed by atoms with Crippen molar-refractivity contribution in [3.8, 4) is 0 Å². The topological polar surface area (TPSA) is 108 Å². The molecule has 1 N–H and O–H groups in total. The molecule has 116 valence electrons. The van der Waals surface area contributed by atoms with Gasteiger partial charge in [-0.05, 0) is 0 Å². The maximum absolute atomic E-state index is 12.0. The van der Waals surface area contributed by atoms with E-state index in [4.69, 9.17) is 0 Å². The fraction of sp³-hybridized carbons (Fsp3) is 1.00. The summed E-state index contributed by atoms with van der Waals surface area (Å²) in [6.07, 6.45) is 0. The summed E-state index contributed by atoms with van der Waals surface area (Å²) in [7, 11) is -11.7. The Morgan fingerprint density at radius 1 is 1.00 bits per heavy atom. The second-order valence-electron chi connectivity index (χ2n) is 3.09. The largest absolute Gasteiger partial charge is 0.517 e. The van der Waals surface area contributed by atoms with Gasteiger partial charge in [-0.1, -0.05) is 0 Å². The van der Waals surface area contributed by atoms with E-state index in [0.29, 0.717) is 4.13 Å². The van der Waals surface area contributed by atoms with Crippen molar-refractivity contribution < 1.29 is 43.3 Å². The summed E-state index contributed by atoms with van der Waals surface area (Å²) in [6.45, 7) is 0. The van der Waals surface area contributed by atoms with Crippen LogP contribution in [-0.2, 0) is 33.3 Å². The van der Waals surface area contributed by atoms with Crippen molar-refractivity contribution in [2.24, 2.45) is 0 Å². The maximum Gasteiger partial charge on any atom is 0.517 e. The first-order chi connectivity index (χ1) is 8.35. The fourth-order valence-electron chi connectivity index (χ4n) is 0.903. The van der Waals surface area contributed by atoms with Crippen LogP contribution in [0, 0.1) is 0 Å². The van der Waals surface area contributed by atoms with Gasteiger partial charge in [-0.15, -0.1) is 4.13 Å². The summed E-state index contributed by atoms with van der Waals surface area (Å²) in [5, 5.41) is -1.18. The Hall–Kier alpha value is -0.253. The van der Waals surface area contributed by atoms with Crippen LogP contribution in [0.25, 0.3) is 0 Å². The zero-order valence-corrected chi connectivity index (χ0v) is 12.6. The standard InChI is InChI=1S/C5H12F3NO7S2Si/c1-14-19(15-2,16-3)4-17(10,11)9-18(12,13)5(6,7)8/h9H,4H2,1-3H3. The molecule has 19 heavy (non-hydrogen) atoms. The second kappa shape index (κ2) is 6.02.